The number of nitrogens with one attached hydrogen (secondary N) is 1. The molecule has 5 heteroatoms. The minimum Gasteiger partial charge on any atom is -0.497 e. The molecule has 0 fully saturated rings. The van der Waals surface area contributed by atoms with Crippen molar-refractivity contribution in [1.29, 1.82) is 0 Å². The van der Waals surface area contributed by atoms with E-state index in [9.17, 15) is 0 Å². The molecule has 0 spiro atoms. The van der Waals surface area contributed by atoms with Gasteiger partial charge in [0.05, 0.1) is 7.11 Å². The summed E-state index contributed by atoms with van der Waals surface area (Å²) in [6.07, 6.45) is 1.74. The highest BCUT2D eigenvalue weighted by molar-refractivity contribution is 9.10. The van der Waals surface area contributed by atoms with Crippen molar-refractivity contribution in [3.63, 3.8) is 0 Å². The Bertz CT molecular complexity index is 572. The number of halogens is 1. The van der Waals surface area contributed by atoms with Gasteiger partial charge in [-0.05, 0) is 24.6 Å². The number of pyridine rings is 1. The van der Waals surface area contributed by atoms with Crippen LogP contribution in [0, 0.1) is 6.92 Å². The Labute approximate surface area is 114 Å². The molecule has 0 unspecified atom stereocenters. The molecule has 2 aromatic rings. The van der Waals surface area contributed by atoms with Crippen LogP contribution in [-0.2, 0) is 0 Å². The van der Waals surface area contributed by atoms with Gasteiger partial charge in [-0.15, -0.1) is 0 Å². The van der Waals surface area contributed by atoms with Gasteiger partial charge in [0.25, 0.3) is 0 Å². The van der Waals surface area contributed by atoms with Crippen LogP contribution in [0.2, 0.25) is 0 Å². The molecule has 0 saturated carbocycles. The molecule has 0 atom stereocenters. The van der Waals surface area contributed by atoms with Crippen LogP contribution in [0.3, 0.4) is 0 Å². The van der Waals surface area contributed by atoms with Gasteiger partial charge in [-0.2, -0.15) is 0 Å². The van der Waals surface area contributed by atoms with Crippen LogP contribution in [0.1, 0.15) is 5.56 Å². The Morgan fingerprint density at radius 3 is 2.72 bits per heavy atom. The van der Waals surface area contributed by atoms with E-state index in [1.165, 1.54) is 0 Å². The third-order valence-corrected chi connectivity index (χ3v) is 2.98. The number of methoxy groups -OCH3 is 1. The second kappa shape index (κ2) is 5.27. The number of nitrogens with zero attached hydrogens (tertiary/aromatic N) is 1. The maximum Gasteiger partial charge on any atom is 0.132 e. The Morgan fingerprint density at radius 1 is 1.28 bits per heavy atom. The van der Waals surface area contributed by atoms with Crippen LogP contribution in [0.5, 0.6) is 5.75 Å². The lowest BCUT2D eigenvalue weighted by molar-refractivity contribution is 0.415. The maximum atomic E-state index is 5.85. The minimum absolute atomic E-state index is 0.707. The fourth-order valence-corrected chi connectivity index (χ4v) is 1.98. The van der Waals surface area contributed by atoms with Gasteiger partial charge >= 0.3 is 0 Å². The average Bonchev–Trinajstić information content (AvgIpc) is 2.33. The van der Waals surface area contributed by atoms with Crippen molar-refractivity contribution in [2.75, 3.05) is 18.2 Å². The minimum atomic E-state index is 0.707. The normalized spacial score (nSPS) is 10.2. The lowest BCUT2D eigenvalue weighted by atomic mass is 10.2. The van der Waals surface area contributed by atoms with Gasteiger partial charge in [-0.25, -0.2) is 4.98 Å². The number of aryl methyl sites for hydroxylation is 1. The van der Waals surface area contributed by atoms with Crippen LogP contribution in [0.25, 0.3) is 0 Å². The molecule has 3 N–H and O–H groups in total. The van der Waals surface area contributed by atoms with E-state index in [-0.39, 0.29) is 0 Å². The van der Waals surface area contributed by atoms with E-state index in [1.54, 1.807) is 13.3 Å². The van der Waals surface area contributed by atoms with Gasteiger partial charge < -0.3 is 15.8 Å². The van der Waals surface area contributed by atoms with E-state index in [2.05, 4.69) is 26.2 Å². The van der Waals surface area contributed by atoms with E-state index in [0.717, 1.165) is 27.2 Å². The van der Waals surface area contributed by atoms with Gasteiger partial charge in [0, 0.05) is 34.2 Å². The molecule has 18 heavy (non-hydrogen) atoms. The summed E-state index contributed by atoms with van der Waals surface area (Å²) < 4.78 is 6.14. The molecule has 2 rings (SSSR count). The summed E-state index contributed by atoms with van der Waals surface area (Å²) >= 11 is 3.43. The second-order valence-corrected chi connectivity index (χ2v) is 4.85. The molecule has 1 aromatic heterocycles. The molecule has 0 saturated heterocycles. The van der Waals surface area contributed by atoms with E-state index < -0.39 is 0 Å². The maximum absolute atomic E-state index is 5.85. The number of nitrogens with two attached hydrogens (primary N) is 1. The van der Waals surface area contributed by atoms with E-state index in [4.69, 9.17) is 10.5 Å². The van der Waals surface area contributed by atoms with Crippen LogP contribution in [0.4, 0.5) is 17.2 Å². The first kappa shape index (κ1) is 12.7. The Morgan fingerprint density at radius 2 is 2.06 bits per heavy atom. The standard InChI is InChI=1S/C13H14BrN3O/c1-8-7-16-13(6-12(8)15)17-10-3-9(14)4-11(5-10)18-2/h3-7H,1-2H3,(H3,15,16,17). The van der Waals surface area contributed by atoms with E-state index in [0.29, 0.717) is 5.82 Å². The average molecular weight is 308 g/mol. The van der Waals surface area contributed by atoms with E-state index in [1.807, 2.05) is 31.2 Å². The summed E-state index contributed by atoms with van der Waals surface area (Å²) in [7, 11) is 1.63. The SMILES string of the molecule is COc1cc(Br)cc(Nc2cc(N)c(C)cn2)c1. The molecule has 0 aliphatic heterocycles. The van der Waals surface area contributed by atoms with Gasteiger partial charge in [-0.3, -0.25) is 0 Å². The topological polar surface area (TPSA) is 60.2 Å². The van der Waals surface area contributed by atoms with Gasteiger partial charge in [0.1, 0.15) is 11.6 Å². The third-order valence-electron chi connectivity index (χ3n) is 2.52. The van der Waals surface area contributed by atoms with Crippen molar-refractivity contribution in [2.24, 2.45) is 0 Å². The van der Waals surface area contributed by atoms with Crippen molar-refractivity contribution in [3.05, 3.63) is 40.5 Å². The summed E-state index contributed by atoms with van der Waals surface area (Å²) in [6.45, 7) is 1.92. The first-order valence-electron chi connectivity index (χ1n) is 5.42. The number of aromatic nitrogens is 1. The summed E-state index contributed by atoms with van der Waals surface area (Å²) in [6, 6.07) is 7.54. The molecule has 0 bridgehead atoms. The monoisotopic (exact) mass is 307 g/mol. The van der Waals surface area contributed by atoms with Crippen LogP contribution < -0.4 is 15.8 Å². The Balaban J connectivity index is 2.27. The number of benzene rings is 1. The lowest BCUT2D eigenvalue weighted by Gasteiger charge is -2.09. The zero-order chi connectivity index (χ0) is 13.1. The van der Waals surface area contributed by atoms with Crippen LogP contribution in [0.15, 0.2) is 34.9 Å². The Kier molecular flexibility index (Phi) is 3.72. The van der Waals surface area contributed by atoms with Crippen molar-refractivity contribution in [2.45, 2.75) is 6.92 Å². The molecular formula is C13H14BrN3O. The van der Waals surface area contributed by atoms with Crippen molar-refractivity contribution >= 4 is 33.1 Å². The fraction of sp³-hybridized carbons (Fsp3) is 0.154. The van der Waals surface area contributed by atoms with Gasteiger partial charge in [-0.1, -0.05) is 15.9 Å². The van der Waals surface area contributed by atoms with Crippen LogP contribution >= 0.6 is 15.9 Å². The third kappa shape index (κ3) is 2.92. The second-order valence-electron chi connectivity index (χ2n) is 3.93. The summed E-state index contributed by atoms with van der Waals surface area (Å²) in [4.78, 5) is 4.27. The molecule has 0 aliphatic carbocycles. The number of rotatable bonds is 3. The highest BCUT2D eigenvalue weighted by Crippen LogP contribution is 2.27. The van der Waals surface area contributed by atoms with Gasteiger partial charge in [0.2, 0.25) is 0 Å². The summed E-state index contributed by atoms with van der Waals surface area (Å²) in [5.74, 6) is 1.48. The first-order valence-corrected chi connectivity index (χ1v) is 6.21. The number of hydrogen-bond donors (Lipinski definition) is 2. The number of hydrogen-bond acceptors (Lipinski definition) is 4. The smallest absolute Gasteiger partial charge is 0.132 e. The number of anilines is 3. The highest BCUT2D eigenvalue weighted by Gasteiger charge is 2.02. The molecule has 1 heterocycles. The van der Waals surface area contributed by atoms with Crippen molar-refractivity contribution in [1.82, 2.24) is 4.98 Å². The number of ether oxygens (including phenoxy) is 1. The predicted octanol–water partition coefficient (Wildman–Crippen LogP) is 3.49. The Hall–Kier alpha value is -1.75. The van der Waals surface area contributed by atoms with Crippen molar-refractivity contribution in [3.8, 4) is 5.75 Å². The molecule has 94 valence electrons. The number of nitrogen functional groups attached to an aromatic ring is 1. The van der Waals surface area contributed by atoms with Gasteiger partial charge in [0.15, 0.2) is 0 Å². The van der Waals surface area contributed by atoms with Crippen LogP contribution in [-0.4, -0.2) is 12.1 Å². The zero-order valence-corrected chi connectivity index (χ0v) is 11.8. The highest BCUT2D eigenvalue weighted by atomic mass is 79.9. The molecule has 0 radical (unpaired) electrons. The summed E-state index contributed by atoms with van der Waals surface area (Å²) in [5, 5.41) is 3.19. The zero-order valence-electron chi connectivity index (χ0n) is 10.2. The predicted molar refractivity (Wildman–Crippen MR) is 77.4 cm³/mol. The molecule has 0 amide bonds. The molecule has 4 nitrogen and oxygen atoms in total. The molecule has 0 aliphatic rings. The summed E-state index contributed by atoms with van der Waals surface area (Å²) in [5.41, 5.74) is 8.41. The van der Waals surface area contributed by atoms with Crippen molar-refractivity contribution < 1.29 is 4.74 Å². The largest absolute Gasteiger partial charge is 0.497 e. The fourth-order valence-electron chi connectivity index (χ4n) is 1.51. The first-order chi connectivity index (χ1) is 8.58. The van der Waals surface area contributed by atoms with E-state index >= 15 is 0 Å². The molecular weight excluding hydrogens is 294 g/mol. The molecule has 1 aromatic carbocycles. The lowest BCUT2D eigenvalue weighted by Crippen LogP contribution is -1.97. The quantitative estimate of drug-likeness (QED) is 0.911.